The van der Waals surface area contributed by atoms with Gasteiger partial charge in [-0.3, -0.25) is 4.79 Å². The van der Waals surface area contributed by atoms with Gasteiger partial charge in [0.15, 0.2) is 6.29 Å². The van der Waals surface area contributed by atoms with E-state index in [4.69, 9.17) is 9.47 Å². The van der Waals surface area contributed by atoms with Crippen molar-refractivity contribution in [1.82, 2.24) is 5.32 Å². The quantitative estimate of drug-likeness (QED) is 0.0261. The number of unbranched alkanes of at least 4 members (excludes halogenated alkanes) is 33. The molecule has 0 aromatic carbocycles. The van der Waals surface area contributed by atoms with Crippen molar-refractivity contribution in [2.45, 2.75) is 320 Å². The molecule has 74 heavy (non-hydrogen) atoms. The second kappa shape index (κ2) is 54.0. The first kappa shape index (κ1) is 69.6. The van der Waals surface area contributed by atoms with Crippen LogP contribution in [0.1, 0.15) is 277 Å². The lowest BCUT2D eigenvalue weighted by Crippen LogP contribution is -2.60. The maximum absolute atomic E-state index is 13.1. The number of ether oxygens (including phenoxy) is 2. The van der Waals surface area contributed by atoms with E-state index < -0.39 is 49.5 Å². The number of carbonyl (C=O) groups is 1. The van der Waals surface area contributed by atoms with Gasteiger partial charge in [0.25, 0.3) is 0 Å². The Balaban J connectivity index is 2.22. The van der Waals surface area contributed by atoms with Gasteiger partial charge in [0, 0.05) is 6.42 Å². The van der Waals surface area contributed by atoms with Crippen LogP contribution in [-0.4, -0.2) is 87.5 Å². The molecule has 7 atom stereocenters. The van der Waals surface area contributed by atoms with Crippen LogP contribution >= 0.6 is 0 Å². The number of amides is 1. The predicted molar refractivity (Wildman–Crippen MR) is 313 cm³/mol. The molecule has 9 nitrogen and oxygen atoms in total. The summed E-state index contributed by atoms with van der Waals surface area (Å²) in [6.45, 7) is 3.77. The lowest BCUT2D eigenvalue weighted by atomic mass is 9.99. The van der Waals surface area contributed by atoms with Crippen molar-refractivity contribution in [3.63, 3.8) is 0 Å². The van der Waals surface area contributed by atoms with E-state index in [0.717, 1.165) is 57.8 Å². The summed E-state index contributed by atoms with van der Waals surface area (Å²) in [4.78, 5) is 13.1. The number of allylic oxidation sites excluding steroid dienone is 11. The molecule has 0 bridgehead atoms. The highest BCUT2D eigenvalue weighted by Crippen LogP contribution is 2.23. The molecule has 1 heterocycles. The van der Waals surface area contributed by atoms with Gasteiger partial charge < -0.3 is 40.3 Å². The number of rotatable bonds is 53. The van der Waals surface area contributed by atoms with E-state index in [9.17, 15) is 30.3 Å². The zero-order valence-electron chi connectivity index (χ0n) is 47.8. The Kier molecular flexibility index (Phi) is 50.8. The van der Waals surface area contributed by atoms with Gasteiger partial charge in [-0.15, -0.1) is 0 Å². The van der Waals surface area contributed by atoms with Gasteiger partial charge in [0.2, 0.25) is 5.91 Å². The van der Waals surface area contributed by atoms with Crippen LogP contribution in [0.2, 0.25) is 0 Å². The topological polar surface area (TPSA) is 149 Å². The summed E-state index contributed by atoms with van der Waals surface area (Å²) in [6.07, 6.45) is 68.3. The van der Waals surface area contributed by atoms with Crippen molar-refractivity contribution in [3.8, 4) is 0 Å². The zero-order valence-corrected chi connectivity index (χ0v) is 47.8. The van der Waals surface area contributed by atoms with Gasteiger partial charge in [0.05, 0.1) is 25.4 Å². The van der Waals surface area contributed by atoms with Crippen LogP contribution < -0.4 is 5.32 Å². The monoisotopic (exact) mass is 1040 g/mol. The van der Waals surface area contributed by atoms with Crippen molar-refractivity contribution < 1.29 is 39.8 Å². The van der Waals surface area contributed by atoms with Crippen molar-refractivity contribution in [3.05, 3.63) is 72.9 Å². The maximum Gasteiger partial charge on any atom is 0.220 e. The molecule has 1 saturated heterocycles. The fourth-order valence-electron chi connectivity index (χ4n) is 9.55. The fraction of sp³-hybridized carbons (Fsp3) is 0.800. The molecular weight excluding hydrogens is 923 g/mol. The Hall–Kier alpha value is -2.37. The highest BCUT2D eigenvalue weighted by atomic mass is 16.7. The smallest absolute Gasteiger partial charge is 0.220 e. The third-order valence-corrected chi connectivity index (χ3v) is 14.5. The van der Waals surface area contributed by atoms with Gasteiger partial charge in [-0.1, -0.05) is 260 Å². The summed E-state index contributed by atoms with van der Waals surface area (Å²) in [7, 11) is 0. The van der Waals surface area contributed by atoms with Crippen LogP contribution in [-0.2, 0) is 14.3 Å². The molecule has 1 fully saturated rings. The van der Waals surface area contributed by atoms with Crippen LogP contribution in [0, 0.1) is 0 Å². The normalized spacial score (nSPS) is 19.5. The molecule has 1 rings (SSSR count). The third kappa shape index (κ3) is 42.7. The third-order valence-electron chi connectivity index (χ3n) is 14.5. The molecule has 7 unspecified atom stereocenters. The van der Waals surface area contributed by atoms with Gasteiger partial charge >= 0.3 is 0 Å². The number of hydrogen-bond acceptors (Lipinski definition) is 8. The Morgan fingerprint density at radius 2 is 0.811 bits per heavy atom. The second-order valence-electron chi connectivity index (χ2n) is 21.5. The summed E-state index contributed by atoms with van der Waals surface area (Å²) >= 11 is 0. The number of carbonyl (C=O) groups excluding carboxylic acids is 1. The Morgan fingerprint density at radius 1 is 0.459 bits per heavy atom. The van der Waals surface area contributed by atoms with Gasteiger partial charge in [-0.2, -0.15) is 0 Å². The number of aliphatic hydroxyl groups excluding tert-OH is 5. The van der Waals surface area contributed by atoms with E-state index in [-0.39, 0.29) is 12.5 Å². The van der Waals surface area contributed by atoms with Crippen LogP contribution in [0.4, 0.5) is 0 Å². The highest BCUT2D eigenvalue weighted by molar-refractivity contribution is 5.76. The van der Waals surface area contributed by atoms with Gasteiger partial charge in [-0.05, 0) is 83.5 Å². The summed E-state index contributed by atoms with van der Waals surface area (Å²) in [6, 6.07) is -0.832. The molecule has 0 radical (unpaired) electrons. The molecule has 6 N–H and O–H groups in total. The van der Waals surface area contributed by atoms with Gasteiger partial charge in [0.1, 0.15) is 24.4 Å². The number of aliphatic hydroxyl groups is 5. The van der Waals surface area contributed by atoms with E-state index in [1.807, 2.05) is 6.08 Å². The minimum Gasteiger partial charge on any atom is -0.394 e. The van der Waals surface area contributed by atoms with Crippen LogP contribution in [0.5, 0.6) is 0 Å². The standard InChI is InChI=1S/C65H117NO8/c1-3-5-7-9-11-13-15-17-19-21-23-25-27-28-29-30-31-32-33-35-37-39-41-43-45-47-49-51-53-55-61(69)66-58(57-73-65-64(72)63(71)62(70)60(56-67)74-65)59(68)54-52-50-48-46-44-42-40-38-36-34-26-24-22-20-18-16-14-12-10-8-6-4-2/h15,17,21,23,27-28,36,38,44,46,52,54,58-60,62-65,67-68,70-72H,3-14,16,18-20,22,24-26,29-35,37,39-43,45,47-51,53,55-57H2,1-2H3,(H,66,69)/b17-15-,23-21-,28-27-,38-36+,46-44+,54-52+. The maximum atomic E-state index is 13.1. The SMILES string of the molecule is CCCCCCC/C=C\C/C=C\C/C=C\CCCCCCCCCCCCCCCCC(=O)NC(COC1OC(CO)C(O)C(O)C1O)C(O)/C=C/CC/C=C/CC/C=C/CCCCCCCCCCCCCC. The van der Waals surface area contributed by atoms with Crippen LogP contribution in [0.3, 0.4) is 0 Å². The Labute approximate surface area is 455 Å². The summed E-state index contributed by atoms with van der Waals surface area (Å²) in [5.74, 6) is -0.191. The molecule has 1 amide bonds. The molecule has 9 heteroatoms. The zero-order chi connectivity index (χ0) is 53.6. The van der Waals surface area contributed by atoms with Crippen molar-refractivity contribution in [2.24, 2.45) is 0 Å². The van der Waals surface area contributed by atoms with E-state index in [1.54, 1.807) is 6.08 Å². The van der Waals surface area contributed by atoms with Crippen LogP contribution in [0.15, 0.2) is 72.9 Å². The van der Waals surface area contributed by atoms with Gasteiger partial charge in [-0.25, -0.2) is 0 Å². The van der Waals surface area contributed by atoms with E-state index >= 15 is 0 Å². The Bertz CT molecular complexity index is 1390. The molecule has 0 spiro atoms. The van der Waals surface area contributed by atoms with Crippen molar-refractivity contribution in [1.29, 1.82) is 0 Å². The molecule has 0 aliphatic carbocycles. The van der Waals surface area contributed by atoms with Crippen molar-refractivity contribution in [2.75, 3.05) is 13.2 Å². The van der Waals surface area contributed by atoms with E-state index in [2.05, 4.69) is 79.9 Å². The summed E-state index contributed by atoms with van der Waals surface area (Å²) in [5.41, 5.74) is 0. The first-order valence-electron chi connectivity index (χ1n) is 31.2. The van der Waals surface area contributed by atoms with E-state index in [1.165, 1.54) is 199 Å². The average molecular weight is 1040 g/mol. The molecule has 1 aliphatic heterocycles. The van der Waals surface area contributed by atoms with Crippen LogP contribution in [0.25, 0.3) is 0 Å². The average Bonchev–Trinajstić information content (AvgIpc) is 3.40. The lowest BCUT2D eigenvalue weighted by Gasteiger charge is -2.40. The first-order valence-corrected chi connectivity index (χ1v) is 31.2. The molecule has 0 aromatic heterocycles. The minimum absolute atomic E-state index is 0.191. The van der Waals surface area contributed by atoms with E-state index in [0.29, 0.717) is 6.42 Å². The number of hydrogen-bond donors (Lipinski definition) is 6. The summed E-state index contributed by atoms with van der Waals surface area (Å²) < 4.78 is 11.3. The fourth-order valence-corrected chi connectivity index (χ4v) is 9.55. The highest BCUT2D eigenvalue weighted by Gasteiger charge is 2.44. The minimum atomic E-state index is -1.58. The second-order valence-corrected chi connectivity index (χ2v) is 21.5. The molecular formula is C65H117NO8. The largest absolute Gasteiger partial charge is 0.394 e. The molecule has 0 saturated carbocycles. The van der Waals surface area contributed by atoms with Crippen molar-refractivity contribution >= 4 is 5.91 Å². The first-order chi connectivity index (χ1) is 36.3. The molecule has 1 aliphatic rings. The molecule has 0 aromatic rings. The Morgan fingerprint density at radius 3 is 1.23 bits per heavy atom. The molecule has 430 valence electrons. The number of nitrogens with one attached hydrogen (secondary N) is 1. The summed E-state index contributed by atoms with van der Waals surface area (Å²) in [5, 5.41) is 54.6. The predicted octanol–water partition coefficient (Wildman–Crippen LogP) is 16.0. The lowest BCUT2D eigenvalue weighted by molar-refractivity contribution is -0.302.